The minimum absolute atomic E-state index is 0.164. The molecule has 2 bridgehead atoms. The number of nitrogens with zero attached hydrogens (tertiary/aromatic N) is 5. The SMILES string of the molecule is Cc1nnc(-c2cc3cc(CC(=O)N4[C@@H]5CC[C@H]4CC(CCCF)C5)ncc3cn2)s1. The first-order valence-electron chi connectivity index (χ1n) is 11.0. The number of carbonyl (C=O) groups excluding carboxylic acids is 1. The Morgan fingerprint density at radius 1 is 1.13 bits per heavy atom. The lowest BCUT2D eigenvalue weighted by Gasteiger charge is -2.39. The van der Waals surface area contributed by atoms with Crippen molar-refractivity contribution in [2.45, 2.75) is 64.0 Å². The molecule has 2 fully saturated rings. The molecule has 0 aliphatic carbocycles. The van der Waals surface area contributed by atoms with E-state index in [1.54, 1.807) is 12.4 Å². The zero-order chi connectivity index (χ0) is 21.4. The van der Waals surface area contributed by atoms with Crippen molar-refractivity contribution in [2.75, 3.05) is 6.67 Å². The van der Waals surface area contributed by atoms with E-state index in [1.807, 2.05) is 19.1 Å². The Morgan fingerprint density at radius 2 is 1.90 bits per heavy atom. The molecule has 0 saturated carbocycles. The van der Waals surface area contributed by atoms with Crippen molar-refractivity contribution in [1.29, 1.82) is 0 Å². The zero-order valence-corrected chi connectivity index (χ0v) is 18.4. The summed E-state index contributed by atoms with van der Waals surface area (Å²) < 4.78 is 12.6. The molecule has 0 spiro atoms. The second-order valence-corrected chi connectivity index (χ2v) is 9.93. The molecule has 31 heavy (non-hydrogen) atoms. The lowest BCUT2D eigenvalue weighted by atomic mass is 9.87. The minimum atomic E-state index is -0.238. The van der Waals surface area contributed by atoms with Gasteiger partial charge in [0.1, 0.15) is 10.7 Å². The van der Waals surface area contributed by atoms with E-state index in [1.165, 1.54) is 11.3 Å². The molecule has 162 valence electrons. The zero-order valence-electron chi connectivity index (χ0n) is 17.6. The van der Waals surface area contributed by atoms with E-state index in [0.717, 1.165) is 64.3 Å². The summed E-state index contributed by atoms with van der Waals surface area (Å²) in [6, 6.07) is 4.60. The largest absolute Gasteiger partial charge is 0.336 e. The molecule has 2 aliphatic heterocycles. The molecular weight excluding hydrogens is 413 g/mol. The minimum Gasteiger partial charge on any atom is -0.336 e. The lowest BCUT2D eigenvalue weighted by Crippen LogP contribution is -2.47. The molecular formula is C23H26FN5OS. The van der Waals surface area contributed by atoms with Crippen LogP contribution in [0.25, 0.3) is 21.5 Å². The first-order chi connectivity index (χ1) is 15.1. The van der Waals surface area contributed by atoms with E-state index in [-0.39, 0.29) is 12.6 Å². The number of aromatic nitrogens is 4. The van der Waals surface area contributed by atoms with Gasteiger partial charge in [-0.25, -0.2) is 0 Å². The van der Waals surface area contributed by atoms with Gasteiger partial charge in [0.05, 0.1) is 18.8 Å². The maximum Gasteiger partial charge on any atom is 0.229 e. The summed E-state index contributed by atoms with van der Waals surface area (Å²) in [5.74, 6) is 0.725. The predicted molar refractivity (Wildman–Crippen MR) is 118 cm³/mol. The van der Waals surface area contributed by atoms with Gasteiger partial charge < -0.3 is 4.90 Å². The number of halogens is 1. The number of piperidine rings is 1. The molecule has 5 rings (SSSR count). The maximum absolute atomic E-state index is 13.2. The summed E-state index contributed by atoms with van der Waals surface area (Å²) in [4.78, 5) is 24.3. The quantitative estimate of drug-likeness (QED) is 0.565. The van der Waals surface area contributed by atoms with E-state index in [4.69, 9.17) is 0 Å². The average Bonchev–Trinajstić information content (AvgIpc) is 3.32. The number of carbonyl (C=O) groups is 1. The van der Waals surface area contributed by atoms with Crippen molar-refractivity contribution in [2.24, 2.45) is 5.92 Å². The van der Waals surface area contributed by atoms with Gasteiger partial charge >= 0.3 is 0 Å². The van der Waals surface area contributed by atoms with Crippen LogP contribution in [0, 0.1) is 12.8 Å². The normalized spacial score (nSPS) is 22.9. The molecule has 2 aliphatic rings. The Bertz CT molecular complexity index is 1090. The van der Waals surface area contributed by atoms with E-state index >= 15 is 0 Å². The van der Waals surface area contributed by atoms with Crippen LogP contribution >= 0.6 is 11.3 Å². The molecule has 3 aromatic heterocycles. The van der Waals surface area contributed by atoms with Gasteiger partial charge in [-0.1, -0.05) is 11.3 Å². The first-order valence-corrected chi connectivity index (χ1v) is 11.8. The summed E-state index contributed by atoms with van der Waals surface area (Å²) in [6.07, 6.45) is 9.67. The second kappa shape index (κ2) is 8.57. The number of amides is 1. The van der Waals surface area contributed by atoms with E-state index < -0.39 is 0 Å². The van der Waals surface area contributed by atoms with E-state index in [0.29, 0.717) is 30.8 Å². The predicted octanol–water partition coefficient (Wildman–Crippen LogP) is 4.52. The van der Waals surface area contributed by atoms with Crippen molar-refractivity contribution in [1.82, 2.24) is 25.1 Å². The fourth-order valence-electron chi connectivity index (χ4n) is 5.24. The van der Waals surface area contributed by atoms with Gasteiger partial charge in [-0.2, -0.15) is 0 Å². The number of aryl methyl sites for hydroxylation is 1. The Morgan fingerprint density at radius 3 is 2.61 bits per heavy atom. The third kappa shape index (κ3) is 4.18. The summed E-state index contributed by atoms with van der Waals surface area (Å²) in [5.41, 5.74) is 1.57. The maximum atomic E-state index is 13.2. The van der Waals surface area contributed by atoms with Gasteiger partial charge in [-0.3, -0.25) is 19.2 Å². The topological polar surface area (TPSA) is 71.9 Å². The average molecular weight is 440 g/mol. The van der Waals surface area contributed by atoms with Crippen LogP contribution in [0.3, 0.4) is 0 Å². The van der Waals surface area contributed by atoms with Crippen LogP contribution in [-0.2, 0) is 11.2 Å². The number of hydrogen-bond donors (Lipinski definition) is 0. The van der Waals surface area contributed by atoms with Crippen molar-refractivity contribution >= 4 is 28.0 Å². The molecule has 5 heterocycles. The number of fused-ring (bicyclic) bond motifs is 3. The highest BCUT2D eigenvalue weighted by atomic mass is 32.1. The van der Waals surface area contributed by atoms with Crippen molar-refractivity contribution in [3.8, 4) is 10.7 Å². The number of rotatable bonds is 6. The molecule has 3 atom stereocenters. The van der Waals surface area contributed by atoms with Gasteiger partial charge in [-0.15, -0.1) is 10.2 Å². The standard InChI is InChI=1S/C23H26FN5OS/c1-14-27-28-23(31-14)21-10-16-9-18(25-12-17(16)13-26-21)11-22(30)29-19-4-5-20(29)8-15(7-19)3-2-6-24/h9-10,12-13,15,19-20H,2-8,11H2,1H3/t15?,19-,20+. The highest BCUT2D eigenvalue weighted by Crippen LogP contribution is 2.40. The number of pyridine rings is 2. The van der Waals surface area contributed by atoms with Crippen LogP contribution in [0.15, 0.2) is 24.5 Å². The van der Waals surface area contributed by atoms with Crippen LogP contribution in [0.4, 0.5) is 4.39 Å². The van der Waals surface area contributed by atoms with Crippen molar-refractivity contribution in [3.63, 3.8) is 0 Å². The Kier molecular flexibility index (Phi) is 5.65. The second-order valence-electron chi connectivity index (χ2n) is 8.75. The monoisotopic (exact) mass is 439 g/mol. The molecule has 1 unspecified atom stereocenters. The molecule has 0 aromatic carbocycles. The summed E-state index contributed by atoms with van der Waals surface area (Å²) in [6.45, 7) is 1.69. The Balaban J connectivity index is 1.31. The van der Waals surface area contributed by atoms with Crippen LogP contribution in [-0.4, -0.2) is 49.7 Å². The summed E-state index contributed by atoms with van der Waals surface area (Å²) in [5, 5.41) is 11.9. The van der Waals surface area contributed by atoms with Gasteiger partial charge in [-0.05, 0) is 68.9 Å². The molecule has 8 heteroatoms. The van der Waals surface area contributed by atoms with Gasteiger partial charge in [0.2, 0.25) is 5.91 Å². The molecule has 6 nitrogen and oxygen atoms in total. The Labute approximate surface area is 184 Å². The summed E-state index contributed by atoms with van der Waals surface area (Å²) in [7, 11) is 0. The van der Waals surface area contributed by atoms with Gasteiger partial charge in [0, 0.05) is 29.9 Å². The molecule has 3 aromatic rings. The summed E-state index contributed by atoms with van der Waals surface area (Å²) >= 11 is 1.51. The molecule has 1 amide bonds. The van der Waals surface area contributed by atoms with Crippen molar-refractivity contribution < 1.29 is 9.18 Å². The Hall–Kier alpha value is -2.48. The van der Waals surface area contributed by atoms with Gasteiger partial charge in [0.25, 0.3) is 0 Å². The molecule has 0 radical (unpaired) electrons. The first kappa shape index (κ1) is 20.4. The van der Waals surface area contributed by atoms with E-state index in [2.05, 4.69) is 25.1 Å². The van der Waals surface area contributed by atoms with Crippen LogP contribution in [0.5, 0.6) is 0 Å². The fraction of sp³-hybridized carbons (Fsp3) is 0.522. The third-order valence-corrected chi connectivity index (χ3v) is 7.46. The molecule has 2 saturated heterocycles. The smallest absolute Gasteiger partial charge is 0.229 e. The van der Waals surface area contributed by atoms with Crippen LogP contribution < -0.4 is 0 Å². The fourth-order valence-corrected chi connectivity index (χ4v) is 5.90. The molecule has 0 N–H and O–H groups in total. The van der Waals surface area contributed by atoms with Gasteiger partial charge in [0.15, 0.2) is 5.01 Å². The third-order valence-electron chi connectivity index (χ3n) is 6.60. The highest BCUT2D eigenvalue weighted by Gasteiger charge is 2.42. The van der Waals surface area contributed by atoms with E-state index in [9.17, 15) is 9.18 Å². The number of hydrogen-bond acceptors (Lipinski definition) is 6. The van der Waals surface area contributed by atoms with Crippen LogP contribution in [0.2, 0.25) is 0 Å². The highest BCUT2D eigenvalue weighted by molar-refractivity contribution is 7.14. The number of alkyl halides is 1. The van der Waals surface area contributed by atoms with Crippen molar-refractivity contribution in [3.05, 3.63) is 35.2 Å². The lowest BCUT2D eigenvalue weighted by molar-refractivity contribution is -0.135. The van der Waals surface area contributed by atoms with Crippen LogP contribution in [0.1, 0.15) is 49.2 Å².